The molecular weight excluding hydrogens is 286 g/mol. The second-order valence-corrected chi connectivity index (χ2v) is 5.19. The summed E-state index contributed by atoms with van der Waals surface area (Å²) in [5.74, 6) is -2.49. The maximum Gasteiger partial charge on any atom is 0.319 e. The van der Waals surface area contributed by atoms with Gasteiger partial charge in [0.1, 0.15) is 0 Å². The van der Waals surface area contributed by atoms with Gasteiger partial charge in [-0.2, -0.15) is 8.78 Å². The molecule has 0 heterocycles. The van der Waals surface area contributed by atoms with E-state index in [1.54, 1.807) is 18.2 Å². The Bertz CT molecular complexity index is 433. The summed E-state index contributed by atoms with van der Waals surface area (Å²) in [6.45, 7) is 1.90. The highest BCUT2D eigenvalue weighted by Crippen LogP contribution is 2.27. The molecule has 0 saturated heterocycles. The second kappa shape index (κ2) is 8.76. The van der Waals surface area contributed by atoms with Crippen molar-refractivity contribution in [3.05, 3.63) is 24.3 Å². The van der Waals surface area contributed by atoms with Gasteiger partial charge < -0.3 is 15.7 Å². The van der Waals surface area contributed by atoms with Crippen molar-refractivity contribution in [1.82, 2.24) is 5.32 Å². The molecule has 1 atom stereocenters. The number of rotatable bonds is 7. The van der Waals surface area contributed by atoms with Gasteiger partial charge >= 0.3 is 6.03 Å². The minimum Gasteiger partial charge on any atom is -0.396 e. The fourth-order valence-electron chi connectivity index (χ4n) is 1.64. The van der Waals surface area contributed by atoms with E-state index in [1.165, 1.54) is 6.07 Å². The number of halogens is 2. The van der Waals surface area contributed by atoms with Crippen LogP contribution >= 0.6 is 11.8 Å². The van der Waals surface area contributed by atoms with E-state index in [0.717, 1.165) is 0 Å². The molecule has 1 rings (SSSR count). The Balaban J connectivity index is 2.56. The van der Waals surface area contributed by atoms with Crippen molar-refractivity contribution in [2.75, 3.05) is 11.9 Å². The van der Waals surface area contributed by atoms with Crippen LogP contribution in [0.5, 0.6) is 0 Å². The zero-order chi connectivity index (χ0) is 15.0. The van der Waals surface area contributed by atoms with E-state index in [4.69, 9.17) is 5.11 Å². The number of carbonyl (C=O) groups excluding carboxylic acids is 1. The smallest absolute Gasteiger partial charge is 0.319 e. The third kappa shape index (κ3) is 6.21. The number of nitrogens with one attached hydrogen (secondary N) is 2. The summed E-state index contributed by atoms with van der Waals surface area (Å²) >= 11 is 0.428. The largest absolute Gasteiger partial charge is 0.396 e. The highest BCUT2D eigenvalue weighted by Gasteiger charge is 2.10. The lowest BCUT2D eigenvalue weighted by atomic mass is 10.2. The number of carbonyl (C=O) groups is 1. The Morgan fingerprint density at radius 2 is 2.20 bits per heavy atom. The van der Waals surface area contributed by atoms with Gasteiger partial charge in [0.2, 0.25) is 0 Å². The van der Waals surface area contributed by atoms with E-state index >= 15 is 0 Å². The maximum absolute atomic E-state index is 12.3. The van der Waals surface area contributed by atoms with Crippen molar-refractivity contribution in [1.29, 1.82) is 0 Å². The van der Waals surface area contributed by atoms with Crippen molar-refractivity contribution >= 4 is 23.5 Å². The van der Waals surface area contributed by atoms with Gasteiger partial charge in [0.05, 0.1) is 0 Å². The number of alkyl halides is 2. The van der Waals surface area contributed by atoms with Gasteiger partial charge in [-0.05, 0) is 31.0 Å². The number of hydrogen-bond acceptors (Lipinski definition) is 3. The minimum atomic E-state index is -2.49. The average Bonchev–Trinajstić information content (AvgIpc) is 2.37. The number of urea groups is 1. The molecular formula is C13H18F2N2O2S. The fraction of sp³-hybridized carbons (Fsp3) is 0.462. The monoisotopic (exact) mass is 304 g/mol. The van der Waals surface area contributed by atoms with Crippen molar-refractivity contribution in [3.8, 4) is 0 Å². The lowest BCUT2D eigenvalue weighted by molar-refractivity contribution is 0.237. The summed E-state index contributed by atoms with van der Waals surface area (Å²) in [5.41, 5.74) is 0.451. The molecule has 7 heteroatoms. The highest BCUT2D eigenvalue weighted by atomic mass is 32.2. The van der Waals surface area contributed by atoms with Crippen molar-refractivity contribution in [3.63, 3.8) is 0 Å². The molecule has 4 nitrogen and oxygen atoms in total. The maximum atomic E-state index is 12.3. The molecule has 1 aromatic carbocycles. The molecule has 0 aliphatic heterocycles. The first-order valence-corrected chi connectivity index (χ1v) is 7.16. The van der Waals surface area contributed by atoms with E-state index in [-0.39, 0.29) is 12.6 Å². The number of aliphatic hydroxyl groups excluding tert-OH is 1. The summed E-state index contributed by atoms with van der Waals surface area (Å²) in [6.07, 6.45) is 1.18. The average molecular weight is 304 g/mol. The third-order valence-electron chi connectivity index (χ3n) is 2.62. The van der Waals surface area contributed by atoms with Crippen LogP contribution < -0.4 is 10.6 Å². The number of benzene rings is 1. The predicted octanol–water partition coefficient (Wildman–Crippen LogP) is 3.28. The van der Waals surface area contributed by atoms with E-state index < -0.39 is 11.8 Å². The van der Waals surface area contributed by atoms with Gasteiger partial charge in [0, 0.05) is 23.2 Å². The van der Waals surface area contributed by atoms with Crippen LogP contribution in [0.15, 0.2) is 29.2 Å². The van der Waals surface area contributed by atoms with E-state index in [1.807, 2.05) is 6.92 Å². The van der Waals surface area contributed by atoms with E-state index in [9.17, 15) is 13.6 Å². The first kappa shape index (κ1) is 16.7. The molecule has 0 aliphatic carbocycles. The van der Waals surface area contributed by atoms with E-state index in [0.29, 0.717) is 35.2 Å². The van der Waals surface area contributed by atoms with Crippen LogP contribution in [0, 0.1) is 0 Å². The summed E-state index contributed by atoms with van der Waals surface area (Å²) in [5, 5.41) is 14.1. The lowest BCUT2D eigenvalue weighted by Crippen LogP contribution is -2.38. The molecule has 0 saturated carbocycles. The molecule has 1 aromatic rings. The molecule has 20 heavy (non-hydrogen) atoms. The van der Waals surface area contributed by atoms with Gasteiger partial charge in [-0.1, -0.05) is 24.8 Å². The number of amides is 2. The molecule has 0 spiro atoms. The third-order valence-corrected chi connectivity index (χ3v) is 3.33. The van der Waals surface area contributed by atoms with Gasteiger partial charge in [-0.25, -0.2) is 4.79 Å². The first-order chi connectivity index (χ1) is 9.55. The predicted molar refractivity (Wildman–Crippen MR) is 76.2 cm³/mol. The van der Waals surface area contributed by atoms with Crippen LogP contribution in [-0.4, -0.2) is 29.5 Å². The molecule has 0 fully saturated rings. The topological polar surface area (TPSA) is 61.4 Å². The van der Waals surface area contributed by atoms with Crippen LogP contribution in [0.3, 0.4) is 0 Å². The van der Waals surface area contributed by atoms with Crippen molar-refractivity contribution in [2.45, 2.75) is 36.5 Å². The second-order valence-electron chi connectivity index (χ2n) is 4.12. The zero-order valence-corrected chi connectivity index (χ0v) is 11.9. The van der Waals surface area contributed by atoms with Crippen LogP contribution in [-0.2, 0) is 0 Å². The zero-order valence-electron chi connectivity index (χ0n) is 11.1. The highest BCUT2D eigenvalue weighted by molar-refractivity contribution is 7.99. The van der Waals surface area contributed by atoms with Crippen molar-refractivity contribution < 1.29 is 18.7 Å². The number of hydrogen-bond donors (Lipinski definition) is 3. The molecule has 1 unspecified atom stereocenters. The Hall–Kier alpha value is -1.34. The number of aliphatic hydroxyl groups is 1. The SMILES string of the molecule is CCC(CCO)NC(=O)Nc1cccc(SC(F)F)c1. The molecule has 2 amide bonds. The van der Waals surface area contributed by atoms with E-state index in [2.05, 4.69) is 10.6 Å². The van der Waals surface area contributed by atoms with Gasteiger partial charge in [-0.15, -0.1) is 0 Å². The van der Waals surface area contributed by atoms with Crippen LogP contribution in [0.2, 0.25) is 0 Å². The quantitative estimate of drug-likeness (QED) is 0.677. The molecule has 0 bridgehead atoms. The van der Waals surface area contributed by atoms with Gasteiger partial charge in [-0.3, -0.25) is 0 Å². The molecule has 0 aliphatic rings. The van der Waals surface area contributed by atoms with Crippen LogP contribution in [0.4, 0.5) is 19.3 Å². The van der Waals surface area contributed by atoms with Crippen molar-refractivity contribution in [2.24, 2.45) is 0 Å². The molecule has 0 radical (unpaired) electrons. The first-order valence-electron chi connectivity index (χ1n) is 6.28. The Morgan fingerprint density at radius 1 is 1.45 bits per heavy atom. The number of thioether (sulfide) groups is 1. The molecule has 112 valence electrons. The normalized spacial score (nSPS) is 12.2. The van der Waals surface area contributed by atoms with Gasteiger partial charge in [0.25, 0.3) is 5.76 Å². The Morgan fingerprint density at radius 3 is 2.80 bits per heavy atom. The molecule has 0 aromatic heterocycles. The summed E-state index contributed by atoms with van der Waals surface area (Å²) in [6, 6.07) is 5.75. The number of anilines is 1. The van der Waals surface area contributed by atoms with Gasteiger partial charge in [0.15, 0.2) is 0 Å². The standard InChI is InChI=1S/C13H18F2N2O2S/c1-2-9(6-7-18)16-13(19)17-10-4-3-5-11(8-10)20-12(14)15/h3-5,8-9,12,18H,2,6-7H2,1H3,(H2,16,17,19). The van der Waals surface area contributed by atoms with Crippen LogP contribution in [0.1, 0.15) is 19.8 Å². The summed E-state index contributed by atoms with van der Waals surface area (Å²) in [4.78, 5) is 12.1. The Kier molecular flexibility index (Phi) is 7.32. The lowest BCUT2D eigenvalue weighted by Gasteiger charge is -2.16. The molecule has 3 N–H and O–H groups in total. The minimum absolute atomic E-state index is 0.000694. The van der Waals surface area contributed by atoms with Crippen LogP contribution in [0.25, 0.3) is 0 Å². The Labute approximate surface area is 120 Å². The summed E-state index contributed by atoms with van der Waals surface area (Å²) < 4.78 is 24.5. The fourth-order valence-corrected chi connectivity index (χ4v) is 2.19. The summed E-state index contributed by atoms with van der Waals surface area (Å²) in [7, 11) is 0.